The van der Waals surface area contributed by atoms with Crippen molar-refractivity contribution in [2.24, 2.45) is 5.92 Å². The molecular weight excluding hydrogens is 406 g/mol. The molecule has 3 rings (SSSR count). The van der Waals surface area contributed by atoms with Crippen molar-refractivity contribution in [2.45, 2.75) is 52.6 Å². The number of carbonyl (C=O) groups excluding carboxylic acids is 1. The highest BCUT2D eigenvalue weighted by Crippen LogP contribution is 2.30. The number of rotatable bonds is 10. The number of H-pyrrole nitrogens is 1. The highest BCUT2D eigenvalue weighted by molar-refractivity contribution is 5.84. The molecule has 3 aromatic rings. The van der Waals surface area contributed by atoms with Crippen LogP contribution in [0.2, 0.25) is 0 Å². The molecule has 0 fully saturated rings. The van der Waals surface area contributed by atoms with Gasteiger partial charge in [0, 0.05) is 19.9 Å². The number of unbranched alkanes of at least 4 members (excludes halogenated alkanes) is 1. The molecule has 1 heterocycles. The van der Waals surface area contributed by atoms with Crippen LogP contribution in [-0.4, -0.2) is 48.5 Å². The van der Waals surface area contributed by atoms with Gasteiger partial charge >= 0.3 is 5.97 Å². The van der Waals surface area contributed by atoms with Crippen molar-refractivity contribution in [3.63, 3.8) is 0 Å². The predicted molar refractivity (Wildman–Crippen MR) is 121 cm³/mol. The summed E-state index contributed by atoms with van der Waals surface area (Å²) in [6.45, 7) is 3.80. The molecule has 0 aliphatic rings. The van der Waals surface area contributed by atoms with Crippen molar-refractivity contribution in [3.8, 4) is 22.5 Å². The number of carboxylic acids is 1. The van der Waals surface area contributed by atoms with Crippen molar-refractivity contribution in [1.29, 1.82) is 0 Å². The number of amides is 1. The molecule has 0 saturated carbocycles. The summed E-state index contributed by atoms with van der Waals surface area (Å²) in [5.74, 6) is -1.26. The SMILES string of the molecule is [2H]CC(C)[C@@H](C(=O)O)N(Cc1ccc(-c2ccccc2-c2nn[nH]n2)cc1)C(=O)CCCC. The van der Waals surface area contributed by atoms with Crippen LogP contribution in [0, 0.1) is 5.92 Å². The number of hydrogen-bond acceptors (Lipinski definition) is 5. The fourth-order valence-corrected chi connectivity index (χ4v) is 3.69. The standard InChI is InChI=1S/C24H29N5O3/c1-4-5-10-21(30)29(22(16(2)3)24(31)32)15-17-11-13-18(14-12-17)19-8-6-7-9-20(19)23-25-27-28-26-23/h6-9,11-14,16,22H,4-5,10,15H2,1-3H3,(H,31,32)(H,25,26,27,28)/t22-/m0/s1/i2D/t16?,22-. The molecule has 2 N–H and O–H groups in total. The van der Waals surface area contributed by atoms with E-state index < -0.39 is 17.9 Å². The third-order valence-corrected chi connectivity index (χ3v) is 5.32. The maximum atomic E-state index is 12.9. The van der Waals surface area contributed by atoms with Gasteiger partial charge in [-0.1, -0.05) is 75.7 Å². The fourth-order valence-electron chi connectivity index (χ4n) is 3.69. The maximum absolute atomic E-state index is 12.9. The van der Waals surface area contributed by atoms with Crippen molar-refractivity contribution in [3.05, 3.63) is 54.1 Å². The van der Waals surface area contributed by atoms with E-state index in [9.17, 15) is 14.7 Å². The Kier molecular flexibility index (Phi) is 7.22. The van der Waals surface area contributed by atoms with Crippen LogP contribution in [0.5, 0.6) is 0 Å². The van der Waals surface area contributed by atoms with Gasteiger partial charge in [-0.05, 0) is 34.2 Å². The van der Waals surface area contributed by atoms with Crippen molar-refractivity contribution >= 4 is 11.9 Å². The summed E-state index contributed by atoms with van der Waals surface area (Å²) in [6, 6.07) is 14.4. The summed E-state index contributed by atoms with van der Waals surface area (Å²) in [5.41, 5.74) is 3.54. The molecule has 0 radical (unpaired) electrons. The quantitative estimate of drug-likeness (QED) is 0.493. The summed E-state index contributed by atoms with van der Waals surface area (Å²) >= 11 is 0. The number of nitrogens with one attached hydrogen (secondary N) is 1. The Labute approximate surface area is 189 Å². The van der Waals surface area contributed by atoms with E-state index in [1.54, 1.807) is 6.92 Å². The summed E-state index contributed by atoms with van der Waals surface area (Å²) in [4.78, 5) is 26.3. The van der Waals surface area contributed by atoms with Crippen LogP contribution in [-0.2, 0) is 16.1 Å². The van der Waals surface area contributed by atoms with Gasteiger partial charge in [-0.2, -0.15) is 5.21 Å². The van der Waals surface area contributed by atoms with Crippen molar-refractivity contribution in [1.82, 2.24) is 25.5 Å². The second-order valence-corrected chi connectivity index (χ2v) is 7.86. The highest BCUT2D eigenvalue weighted by Gasteiger charge is 2.32. The summed E-state index contributed by atoms with van der Waals surface area (Å²) < 4.78 is 7.67. The Morgan fingerprint density at radius 2 is 1.88 bits per heavy atom. The minimum Gasteiger partial charge on any atom is -0.480 e. The van der Waals surface area contributed by atoms with Crippen LogP contribution >= 0.6 is 0 Å². The van der Waals surface area contributed by atoms with Crippen molar-refractivity contribution in [2.75, 3.05) is 0 Å². The number of aliphatic carboxylic acids is 1. The lowest BCUT2D eigenvalue weighted by Gasteiger charge is -2.32. The number of aromatic amines is 1. The third-order valence-electron chi connectivity index (χ3n) is 5.32. The Bertz CT molecular complexity index is 1060. The van der Waals surface area contributed by atoms with Gasteiger partial charge in [0.2, 0.25) is 11.7 Å². The highest BCUT2D eigenvalue weighted by atomic mass is 16.4. The minimum atomic E-state index is -1.08. The average Bonchev–Trinajstić information content (AvgIpc) is 3.37. The minimum absolute atomic E-state index is 0.0691. The third kappa shape index (κ3) is 5.38. The summed E-state index contributed by atoms with van der Waals surface area (Å²) in [6.07, 6.45) is 1.84. The normalized spacial score (nSPS) is 13.2. The smallest absolute Gasteiger partial charge is 0.326 e. The van der Waals surface area contributed by atoms with E-state index in [4.69, 9.17) is 1.37 Å². The first-order valence-electron chi connectivity index (χ1n) is 11.4. The van der Waals surface area contributed by atoms with Gasteiger partial charge in [-0.25, -0.2) is 4.79 Å². The summed E-state index contributed by atoms with van der Waals surface area (Å²) in [7, 11) is 0. The zero-order valence-corrected chi connectivity index (χ0v) is 18.4. The maximum Gasteiger partial charge on any atom is 0.326 e. The van der Waals surface area contributed by atoms with Crippen LogP contribution in [0.1, 0.15) is 46.9 Å². The predicted octanol–water partition coefficient (Wildman–Crippen LogP) is 4.16. The number of carbonyl (C=O) groups is 2. The monoisotopic (exact) mass is 436 g/mol. The second-order valence-electron chi connectivity index (χ2n) is 7.86. The van der Waals surface area contributed by atoms with E-state index in [0.29, 0.717) is 18.7 Å². The molecule has 8 heteroatoms. The average molecular weight is 437 g/mol. The topological polar surface area (TPSA) is 112 Å². The van der Waals surface area contributed by atoms with Gasteiger partial charge in [0.1, 0.15) is 6.04 Å². The Morgan fingerprint density at radius 1 is 1.16 bits per heavy atom. The second kappa shape index (κ2) is 10.7. The molecule has 168 valence electrons. The molecule has 32 heavy (non-hydrogen) atoms. The Balaban J connectivity index is 1.88. The molecule has 0 spiro atoms. The van der Waals surface area contributed by atoms with Gasteiger partial charge in [-0.15, -0.1) is 10.2 Å². The molecule has 1 amide bonds. The first-order valence-corrected chi connectivity index (χ1v) is 10.7. The molecule has 8 nitrogen and oxygen atoms in total. The molecule has 1 unspecified atom stereocenters. The van der Waals surface area contributed by atoms with Crippen LogP contribution in [0.3, 0.4) is 0 Å². The zero-order chi connectivity index (χ0) is 23.8. The lowest BCUT2D eigenvalue weighted by atomic mass is 9.97. The lowest BCUT2D eigenvalue weighted by molar-refractivity contribution is -0.153. The lowest BCUT2D eigenvalue weighted by Crippen LogP contribution is -2.47. The number of aromatic nitrogens is 4. The number of nitrogens with zero attached hydrogens (tertiary/aromatic N) is 4. The first-order chi connectivity index (χ1) is 16.0. The van der Waals surface area contributed by atoms with E-state index in [-0.39, 0.29) is 19.4 Å². The molecule has 0 saturated heterocycles. The Hall–Kier alpha value is -3.55. The van der Waals surface area contributed by atoms with Gasteiger partial charge in [-0.3, -0.25) is 4.79 Å². The van der Waals surface area contributed by atoms with E-state index in [1.807, 2.05) is 55.5 Å². The number of carboxylic acid groups (broad SMARTS) is 1. The first kappa shape index (κ1) is 21.7. The van der Waals surface area contributed by atoms with Crippen molar-refractivity contribution < 1.29 is 16.1 Å². The zero-order valence-electron chi connectivity index (χ0n) is 19.4. The number of tetrazole rings is 1. The van der Waals surface area contributed by atoms with Crippen LogP contribution in [0.4, 0.5) is 0 Å². The van der Waals surface area contributed by atoms with Gasteiger partial charge in [0.15, 0.2) is 0 Å². The molecule has 1 aromatic heterocycles. The largest absolute Gasteiger partial charge is 0.480 e. The molecule has 0 aliphatic carbocycles. The van der Waals surface area contributed by atoms with E-state index in [2.05, 4.69) is 20.6 Å². The van der Waals surface area contributed by atoms with E-state index in [0.717, 1.165) is 28.7 Å². The number of benzene rings is 2. The van der Waals surface area contributed by atoms with Crippen LogP contribution in [0.25, 0.3) is 22.5 Å². The molecular formula is C24H29N5O3. The molecule has 0 bridgehead atoms. The summed E-state index contributed by atoms with van der Waals surface area (Å²) in [5, 5.41) is 24.1. The molecule has 2 atom stereocenters. The Morgan fingerprint density at radius 3 is 2.47 bits per heavy atom. The van der Waals surface area contributed by atoms with Crippen LogP contribution in [0.15, 0.2) is 48.5 Å². The van der Waals surface area contributed by atoms with E-state index in [1.165, 1.54) is 4.90 Å². The van der Waals surface area contributed by atoms with Gasteiger partial charge in [0.05, 0.1) is 0 Å². The number of hydrogen-bond donors (Lipinski definition) is 2. The molecule has 2 aromatic carbocycles. The van der Waals surface area contributed by atoms with E-state index >= 15 is 0 Å². The molecule has 0 aliphatic heterocycles. The van der Waals surface area contributed by atoms with Gasteiger partial charge < -0.3 is 10.0 Å². The fraction of sp³-hybridized carbons (Fsp3) is 0.375. The van der Waals surface area contributed by atoms with Gasteiger partial charge in [0.25, 0.3) is 0 Å². The van der Waals surface area contributed by atoms with Crippen LogP contribution < -0.4 is 0 Å².